The topological polar surface area (TPSA) is 24.7 Å². The molecular formula is C42H30N2. The third-order valence-corrected chi connectivity index (χ3v) is 9.08. The standard InChI is InChI=1S/C42H30N2/c1-28(30-16-5-3-6-17-30)43-41(44-29(2)31-18-7-4-8-19-31)35-23-15-27-39-40(35)34-22-11-14-26-38(34)42(39)36-24-12-9-20-32(36)33-21-10-13-25-37(33)42/h3-27H,1H2,2H3. The van der Waals surface area contributed by atoms with Gasteiger partial charge < -0.3 is 0 Å². The lowest BCUT2D eigenvalue weighted by Crippen LogP contribution is -2.25. The molecule has 0 saturated carbocycles. The number of nitrogens with zero attached hydrogens (tertiary/aromatic N) is 2. The lowest BCUT2D eigenvalue weighted by Gasteiger charge is -2.30. The maximum atomic E-state index is 5.24. The Morgan fingerprint density at radius 1 is 0.477 bits per heavy atom. The summed E-state index contributed by atoms with van der Waals surface area (Å²) in [6, 6.07) is 53.7. The largest absolute Gasteiger partial charge is 0.233 e. The second-order valence-electron chi connectivity index (χ2n) is 11.4. The van der Waals surface area contributed by atoms with E-state index in [1.54, 1.807) is 0 Å². The predicted octanol–water partition coefficient (Wildman–Crippen LogP) is 9.96. The SMILES string of the molecule is C=C(N=C(N=C(C)c1ccccc1)c1cccc2c1-c1ccccc1C21c2ccccc2-c2ccccc21)c1ccccc1. The van der Waals surface area contributed by atoms with E-state index in [4.69, 9.17) is 9.98 Å². The third kappa shape index (κ3) is 3.81. The van der Waals surface area contributed by atoms with Gasteiger partial charge in [0.25, 0.3) is 0 Å². The molecule has 1 spiro atoms. The number of aliphatic imine (C=N–C) groups is 2. The van der Waals surface area contributed by atoms with Gasteiger partial charge in [0.05, 0.1) is 11.1 Å². The highest BCUT2D eigenvalue weighted by Crippen LogP contribution is 2.63. The molecule has 2 aliphatic carbocycles. The number of rotatable bonds is 4. The van der Waals surface area contributed by atoms with Gasteiger partial charge in [-0.15, -0.1) is 0 Å². The fourth-order valence-electron chi connectivity index (χ4n) is 7.20. The van der Waals surface area contributed by atoms with Crippen LogP contribution in [0.25, 0.3) is 28.0 Å². The molecule has 0 aliphatic heterocycles. The van der Waals surface area contributed by atoms with E-state index in [1.165, 1.54) is 44.5 Å². The monoisotopic (exact) mass is 562 g/mol. The number of fused-ring (bicyclic) bond motifs is 10. The van der Waals surface area contributed by atoms with Crippen molar-refractivity contribution in [1.82, 2.24) is 0 Å². The summed E-state index contributed by atoms with van der Waals surface area (Å²) in [6.45, 7) is 6.44. The molecule has 208 valence electrons. The molecule has 0 amide bonds. The van der Waals surface area contributed by atoms with Crippen molar-refractivity contribution < 1.29 is 0 Å². The Hall–Kier alpha value is -5.60. The minimum absolute atomic E-state index is 0.422. The van der Waals surface area contributed by atoms with Crippen LogP contribution in [-0.4, -0.2) is 11.5 Å². The highest BCUT2D eigenvalue weighted by atomic mass is 14.9. The summed E-state index contributed by atoms with van der Waals surface area (Å²) in [5.74, 6) is 0.656. The Morgan fingerprint density at radius 2 is 0.955 bits per heavy atom. The highest BCUT2D eigenvalue weighted by molar-refractivity contribution is 6.16. The van der Waals surface area contributed by atoms with Crippen LogP contribution in [0, 0.1) is 0 Å². The summed E-state index contributed by atoms with van der Waals surface area (Å²) in [5, 5.41) is 0. The van der Waals surface area contributed by atoms with Crippen molar-refractivity contribution in [3.63, 3.8) is 0 Å². The molecule has 0 bridgehead atoms. The van der Waals surface area contributed by atoms with Crippen molar-refractivity contribution in [2.75, 3.05) is 0 Å². The first-order valence-corrected chi connectivity index (χ1v) is 15.0. The molecule has 2 heteroatoms. The molecule has 0 unspecified atom stereocenters. The first kappa shape index (κ1) is 26.1. The van der Waals surface area contributed by atoms with E-state index in [9.17, 15) is 0 Å². The third-order valence-electron chi connectivity index (χ3n) is 9.08. The Balaban J connectivity index is 1.43. The van der Waals surface area contributed by atoms with Gasteiger partial charge in [-0.2, -0.15) is 0 Å². The second kappa shape index (κ2) is 10.3. The van der Waals surface area contributed by atoms with Crippen LogP contribution in [0.15, 0.2) is 168 Å². The van der Waals surface area contributed by atoms with E-state index in [2.05, 4.69) is 117 Å². The van der Waals surface area contributed by atoms with E-state index >= 15 is 0 Å². The Kier molecular flexibility index (Phi) is 6.09. The molecule has 2 aliphatic rings. The lowest BCUT2D eigenvalue weighted by atomic mass is 9.70. The Bertz CT molecular complexity index is 2090. The van der Waals surface area contributed by atoms with Crippen molar-refractivity contribution in [1.29, 1.82) is 0 Å². The summed E-state index contributed by atoms with van der Waals surface area (Å²) in [5.41, 5.74) is 14.4. The molecule has 0 heterocycles. The molecule has 0 fully saturated rings. The van der Waals surface area contributed by atoms with Gasteiger partial charge in [-0.1, -0.05) is 158 Å². The van der Waals surface area contributed by atoms with Crippen LogP contribution in [0.2, 0.25) is 0 Å². The zero-order valence-corrected chi connectivity index (χ0v) is 24.5. The smallest absolute Gasteiger partial charge is 0.160 e. The molecule has 6 aromatic carbocycles. The van der Waals surface area contributed by atoms with Crippen LogP contribution in [0.4, 0.5) is 0 Å². The first-order valence-electron chi connectivity index (χ1n) is 15.0. The maximum Gasteiger partial charge on any atom is 0.160 e. The summed E-state index contributed by atoms with van der Waals surface area (Å²) in [7, 11) is 0. The lowest BCUT2D eigenvalue weighted by molar-refractivity contribution is 0.793. The van der Waals surface area contributed by atoms with E-state index in [0.717, 1.165) is 22.4 Å². The quantitative estimate of drug-likeness (QED) is 0.151. The van der Waals surface area contributed by atoms with Gasteiger partial charge in [-0.05, 0) is 62.6 Å². The normalized spacial score (nSPS) is 14.1. The van der Waals surface area contributed by atoms with Crippen molar-refractivity contribution >= 4 is 17.2 Å². The van der Waals surface area contributed by atoms with Crippen LogP contribution in [0.5, 0.6) is 0 Å². The fourth-order valence-corrected chi connectivity index (χ4v) is 7.20. The second-order valence-corrected chi connectivity index (χ2v) is 11.4. The molecule has 0 atom stereocenters. The Morgan fingerprint density at radius 3 is 1.57 bits per heavy atom. The molecule has 8 rings (SSSR count). The van der Waals surface area contributed by atoms with E-state index in [1.807, 2.05) is 48.5 Å². The number of benzene rings is 6. The Labute approximate surface area is 258 Å². The predicted molar refractivity (Wildman–Crippen MR) is 183 cm³/mol. The van der Waals surface area contributed by atoms with Crippen LogP contribution < -0.4 is 0 Å². The van der Waals surface area contributed by atoms with Crippen LogP contribution in [-0.2, 0) is 5.41 Å². The summed E-state index contributed by atoms with van der Waals surface area (Å²) in [4.78, 5) is 10.4. The molecular weight excluding hydrogens is 532 g/mol. The average Bonchev–Trinajstić information content (AvgIpc) is 3.56. The van der Waals surface area contributed by atoms with Gasteiger partial charge in [0, 0.05) is 11.3 Å². The van der Waals surface area contributed by atoms with Gasteiger partial charge in [-0.3, -0.25) is 0 Å². The molecule has 6 aromatic rings. The van der Waals surface area contributed by atoms with E-state index in [0.29, 0.717) is 11.5 Å². The van der Waals surface area contributed by atoms with Gasteiger partial charge >= 0.3 is 0 Å². The fraction of sp³-hybridized carbons (Fsp3) is 0.0476. The molecule has 0 aromatic heterocycles. The minimum Gasteiger partial charge on any atom is -0.233 e. The van der Waals surface area contributed by atoms with Crippen molar-refractivity contribution in [2.45, 2.75) is 12.3 Å². The molecule has 0 saturated heterocycles. The number of hydrogen-bond acceptors (Lipinski definition) is 1. The van der Waals surface area contributed by atoms with E-state index < -0.39 is 5.41 Å². The van der Waals surface area contributed by atoms with Crippen LogP contribution in [0.3, 0.4) is 0 Å². The number of amidine groups is 1. The molecule has 2 nitrogen and oxygen atoms in total. The minimum atomic E-state index is -0.422. The average molecular weight is 563 g/mol. The summed E-state index contributed by atoms with van der Waals surface area (Å²) < 4.78 is 0. The van der Waals surface area contributed by atoms with Gasteiger partial charge in [0.2, 0.25) is 0 Å². The van der Waals surface area contributed by atoms with Gasteiger partial charge in [-0.25, -0.2) is 9.98 Å². The molecule has 0 N–H and O–H groups in total. The summed E-state index contributed by atoms with van der Waals surface area (Å²) in [6.07, 6.45) is 0. The van der Waals surface area contributed by atoms with Crippen molar-refractivity contribution in [3.05, 3.63) is 197 Å². The van der Waals surface area contributed by atoms with Crippen LogP contribution in [0.1, 0.15) is 45.9 Å². The van der Waals surface area contributed by atoms with Gasteiger partial charge in [0.15, 0.2) is 5.84 Å². The zero-order chi connectivity index (χ0) is 29.7. The van der Waals surface area contributed by atoms with Crippen molar-refractivity contribution in [3.8, 4) is 22.3 Å². The summed E-state index contributed by atoms with van der Waals surface area (Å²) >= 11 is 0. The van der Waals surface area contributed by atoms with Crippen LogP contribution >= 0.6 is 0 Å². The highest BCUT2D eigenvalue weighted by Gasteiger charge is 2.52. The van der Waals surface area contributed by atoms with Crippen molar-refractivity contribution in [2.24, 2.45) is 9.98 Å². The van der Waals surface area contributed by atoms with Gasteiger partial charge in [0.1, 0.15) is 0 Å². The molecule has 44 heavy (non-hydrogen) atoms. The molecule has 0 radical (unpaired) electrons. The van der Waals surface area contributed by atoms with E-state index in [-0.39, 0.29) is 0 Å². The number of hydrogen-bond donors (Lipinski definition) is 0. The maximum absolute atomic E-state index is 5.24. The zero-order valence-electron chi connectivity index (χ0n) is 24.5. The first-order chi connectivity index (χ1) is 21.7.